The second-order valence-electron chi connectivity index (χ2n) is 4.53. The minimum atomic E-state index is -0.482. The SMILES string of the molecule is CNC(c1cc(F)c(Br)cc1F)c1ccc(C)cc1Br. The molecule has 1 nitrogen and oxygen atoms in total. The van der Waals surface area contributed by atoms with Crippen LogP contribution in [0, 0.1) is 18.6 Å². The highest BCUT2D eigenvalue weighted by atomic mass is 79.9. The summed E-state index contributed by atoms with van der Waals surface area (Å²) < 4.78 is 28.8. The van der Waals surface area contributed by atoms with E-state index in [0.717, 1.165) is 21.7 Å². The number of nitrogens with one attached hydrogen (secondary N) is 1. The zero-order chi connectivity index (χ0) is 14.9. The van der Waals surface area contributed by atoms with Gasteiger partial charge in [-0.3, -0.25) is 0 Å². The van der Waals surface area contributed by atoms with Gasteiger partial charge in [0.1, 0.15) is 11.6 Å². The molecule has 0 bridgehead atoms. The van der Waals surface area contributed by atoms with Crippen molar-refractivity contribution in [3.05, 3.63) is 67.6 Å². The van der Waals surface area contributed by atoms with Crippen molar-refractivity contribution in [2.75, 3.05) is 7.05 Å². The standard InChI is InChI=1S/C15H13Br2F2N/c1-8-3-4-9(11(16)5-8)15(20-2)10-6-14(19)12(17)7-13(10)18/h3-7,15,20H,1-2H3. The van der Waals surface area contributed by atoms with Crippen molar-refractivity contribution >= 4 is 31.9 Å². The van der Waals surface area contributed by atoms with Gasteiger partial charge in [-0.05, 0) is 59.2 Å². The average Bonchev–Trinajstić information content (AvgIpc) is 2.38. The largest absolute Gasteiger partial charge is 0.309 e. The highest BCUT2D eigenvalue weighted by Crippen LogP contribution is 2.32. The van der Waals surface area contributed by atoms with Crippen LogP contribution in [0.1, 0.15) is 22.7 Å². The van der Waals surface area contributed by atoms with Gasteiger partial charge >= 0.3 is 0 Å². The summed E-state index contributed by atoms with van der Waals surface area (Å²) in [7, 11) is 1.72. The number of halogens is 4. The van der Waals surface area contributed by atoms with E-state index in [1.807, 2.05) is 25.1 Å². The fourth-order valence-electron chi connectivity index (χ4n) is 2.10. The topological polar surface area (TPSA) is 12.0 Å². The predicted octanol–water partition coefficient (Wildman–Crippen LogP) is 5.11. The molecule has 0 aliphatic heterocycles. The maximum atomic E-state index is 14.1. The Morgan fingerprint density at radius 3 is 2.25 bits per heavy atom. The summed E-state index contributed by atoms with van der Waals surface area (Å²) in [4.78, 5) is 0. The highest BCUT2D eigenvalue weighted by Gasteiger charge is 2.20. The van der Waals surface area contributed by atoms with Crippen LogP contribution in [0.3, 0.4) is 0 Å². The van der Waals surface area contributed by atoms with Crippen LogP contribution in [0.15, 0.2) is 39.3 Å². The van der Waals surface area contributed by atoms with E-state index in [4.69, 9.17) is 0 Å². The Morgan fingerprint density at radius 1 is 0.950 bits per heavy atom. The van der Waals surface area contributed by atoms with Crippen LogP contribution < -0.4 is 5.32 Å². The minimum Gasteiger partial charge on any atom is -0.309 e. The van der Waals surface area contributed by atoms with Crippen molar-refractivity contribution < 1.29 is 8.78 Å². The summed E-state index contributed by atoms with van der Waals surface area (Å²) in [6, 6.07) is 7.74. The summed E-state index contributed by atoms with van der Waals surface area (Å²) in [5.41, 5.74) is 2.23. The molecule has 0 fully saturated rings. The van der Waals surface area contributed by atoms with Gasteiger partial charge in [-0.25, -0.2) is 8.78 Å². The van der Waals surface area contributed by atoms with Gasteiger partial charge in [-0.15, -0.1) is 0 Å². The van der Waals surface area contributed by atoms with Crippen molar-refractivity contribution in [3.8, 4) is 0 Å². The number of hydrogen-bond acceptors (Lipinski definition) is 1. The number of benzene rings is 2. The lowest BCUT2D eigenvalue weighted by molar-refractivity contribution is 0.554. The molecule has 2 aromatic carbocycles. The molecule has 1 unspecified atom stereocenters. The summed E-state index contributed by atoms with van der Waals surface area (Å²) in [5, 5.41) is 3.03. The third-order valence-corrected chi connectivity index (χ3v) is 4.40. The maximum absolute atomic E-state index is 14.1. The van der Waals surface area contributed by atoms with Gasteiger partial charge in [0, 0.05) is 10.0 Å². The third kappa shape index (κ3) is 3.10. The van der Waals surface area contributed by atoms with Crippen molar-refractivity contribution in [1.29, 1.82) is 0 Å². The van der Waals surface area contributed by atoms with Crippen LogP contribution >= 0.6 is 31.9 Å². The first-order valence-electron chi connectivity index (χ1n) is 6.01. The fourth-order valence-corrected chi connectivity index (χ4v) is 3.14. The second kappa shape index (κ2) is 6.33. The van der Waals surface area contributed by atoms with E-state index in [2.05, 4.69) is 37.2 Å². The van der Waals surface area contributed by atoms with Crippen molar-refractivity contribution in [2.24, 2.45) is 0 Å². The van der Waals surface area contributed by atoms with Gasteiger partial charge in [0.2, 0.25) is 0 Å². The maximum Gasteiger partial charge on any atom is 0.137 e. The van der Waals surface area contributed by atoms with Crippen LogP contribution in [0.5, 0.6) is 0 Å². The van der Waals surface area contributed by atoms with Gasteiger partial charge in [-0.2, -0.15) is 0 Å². The molecule has 1 atom stereocenters. The van der Waals surface area contributed by atoms with E-state index in [0.29, 0.717) is 0 Å². The molecule has 5 heteroatoms. The molecular formula is C15H13Br2F2N. The molecule has 20 heavy (non-hydrogen) atoms. The second-order valence-corrected chi connectivity index (χ2v) is 6.24. The van der Waals surface area contributed by atoms with E-state index < -0.39 is 17.7 Å². The first-order chi connectivity index (χ1) is 9.43. The van der Waals surface area contributed by atoms with Crippen LogP contribution in [0.4, 0.5) is 8.78 Å². The van der Waals surface area contributed by atoms with E-state index in [9.17, 15) is 8.78 Å². The number of aryl methyl sites for hydroxylation is 1. The summed E-state index contributed by atoms with van der Waals surface area (Å²) >= 11 is 6.46. The Bertz CT molecular complexity index is 644. The lowest BCUT2D eigenvalue weighted by Crippen LogP contribution is -2.19. The van der Waals surface area contributed by atoms with Crippen LogP contribution in [0.25, 0.3) is 0 Å². The molecule has 0 aliphatic carbocycles. The fraction of sp³-hybridized carbons (Fsp3) is 0.200. The molecular weight excluding hydrogens is 392 g/mol. The zero-order valence-corrected chi connectivity index (χ0v) is 14.1. The van der Waals surface area contributed by atoms with E-state index in [1.54, 1.807) is 7.05 Å². The van der Waals surface area contributed by atoms with Gasteiger partial charge < -0.3 is 5.32 Å². The van der Waals surface area contributed by atoms with Gasteiger partial charge in [0.15, 0.2) is 0 Å². The minimum absolute atomic E-state index is 0.122. The Balaban J connectivity index is 2.55. The van der Waals surface area contributed by atoms with Crippen LogP contribution in [0.2, 0.25) is 0 Å². The summed E-state index contributed by atoms with van der Waals surface area (Å²) in [6.45, 7) is 1.98. The molecule has 0 aromatic heterocycles. The molecule has 106 valence electrons. The lowest BCUT2D eigenvalue weighted by atomic mass is 9.97. The highest BCUT2D eigenvalue weighted by molar-refractivity contribution is 9.10. The first kappa shape index (κ1) is 15.6. The number of hydrogen-bond donors (Lipinski definition) is 1. The molecule has 0 amide bonds. The average molecular weight is 405 g/mol. The molecule has 0 aliphatic rings. The Labute approximate surface area is 133 Å². The molecule has 1 N–H and O–H groups in total. The van der Waals surface area contributed by atoms with Crippen molar-refractivity contribution in [2.45, 2.75) is 13.0 Å². The zero-order valence-electron chi connectivity index (χ0n) is 11.0. The van der Waals surface area contributed by atoms with Crippen LogP contribution in [-0.2, 0) is 0 Å². The van der Waals surface area contributed by atoms with Crippen LogP contribution in [-0.4, -0.2) is 7.05 Å². The quantitative estimate of drug-likeness (QED) is 0.701. The Kier molecular flexibility index (Phi) is 4.94. The molecule has 0 spiro atoms. The smallest absolute Gasteiger partial charge is 0.137 e. The molecule has 0 heterocycles. The van der Waals surface area contributed by atoms with E-state index >= 15 is 0 Å². The predicted molar refractivity (Wildman–Crippen MR) is 83.8 cm³/mol. The van der Waals surface area contributed by atoms with Gasteiger partial charge in [0.05, 0.1) is 10.5 Å². The third-order valence-electron chi connectivity index (χ3n) is 3.11. The Morgan fingerprint density at radius 2 is 1.65 bits per heavy atom. The van der Waals surface area contributed by atoms with Gasteiger partial charge in [-0.1, -0.05) is 28.1 Å². The Hall–Kier alpha value is -0.780. The summed E-state index contributed by atoms with van der Waals surface area (Å²) in [6.07, 6.45) is 0. The first-order valence-corrected chi connectivity index (χ1v) is 7.60. The monoisotopic (exact) mass is 403 g/mol. The molecule has 0 saturated heterocycles. The van der Waals surface area contributed by atoms with E-state index in [-0.39, 0.29) is 10.0 Å². The lowest BCUT2D eigenvalue weighted by Gasteiger charge is -2.20. The number of rotatable bonds is 3. The normalized spacial score (nSPS) is 12.5. The summed E-state index contributed by atoms with van der Waals surface area (Å²) in [5.74, 6) is -0.935. The van der Waals surface area contributed by atoms with Crippen molar-refractivity contribution in [3.63, 3.8) is 0 Å². The molecule has 0 saturated carbocycles. The molecule has 2 aromatic rings. The van der Waals surface area contributed by atoms with E-state index in [1.165, 1.54) is 6.07 Å². The molecule has 0 radical (unpaired) electrons. The van der Waals surface area contributed by atoms with Gasteiger partial charge in [0.25, 0.3) is 0 Å². The molecule has 2 rings (SSSR count). The van der Waals surface area contributed by atoms with Crippen molar-refractivity contribution in [1.82, 2.24) is 5.32 Å².